The van der Waals surface area contributed by atoms with Crippen molar-refractivity contribution in [1.82, 2.24) is 38.9 Å². The SMILES string of the molecule is CN1C=CS(C)=C1c1c2nc(c(-c3n(C)cc[n+]3C)c3ccc([nH]3)c(C3=S(C)C=CN3C)c3nc(c(-c4n(C)cc[n+]4C)c4ccc1[nH]4)C=C3)C=C2.[Mn+3]. The Balaban J connectivity index is 0.00000400. The van der Waals surface area contributed by atoms with Gasteiger partial charge in [-0.2, -0.15) is 0 Å². The van der Waals surface area contributed by atoms with Crippen LogP contribution >= 0.6 is 21.0 Å². The Hall–Kier alpha value is -4.94. The average Bonchev–Trinajstić information content (AvgIpc) is 3.98. The van der Waals surface area contributed by atoms with Crippen molar-refractivity contribution in [2.45, 2.75) is 0 Å². The zero-order valence-electron chi connectivity index (χ0n) is 31.0. The summed E-state index contributed by atoms with van der Waals surface area (Å²) in [5, 5.41) is 4.55. The number of fused-ring (bicyclic) bond motifs is 8. The van der Waals surface area contributed by atoms with E-state index in [9.17, 15) is 0 Å². The van der Waals surface area contributed by atoms with Crippen LogP contribution in [0.15, 0.2) is 72.3 Å². The molecule has 0 saturated carbocycles. The molecule has 2 unspecified atom stereocenters. The fourth-order valence-electron chi connectivity index (χ4n) is 7.77. The summed E-state index contributed by atoms with van der Waals surface area (Å²) in [6.07, 6.45) is 25.9. The van der Waals surface area contributed by atoms with Gasteiger partial charge in [-0.1, -0.05) is 0 Å². The number of hydrogen-bond donors (Lipinski definition) is 2. The van der Waals surface area contributed by atoms with Crippen molar-refractivity contribution in [3.05, 3.63) is 106 Å². The number of aromatic nitrogens is 8. The Bertz CT molecular complexity index is 2520. The van der Waals surface area contributed by atoms with Crippen LogP contribution in [0.2, 0.25) is 0 Å². The maximum atomic E-state index is 5.48. The summed E-state index contributed by atoms with van der Waals surface area (Å²) in [4.78, 5) is 25.7. The first-order valence-electron chi connectivity index (χ1n) is 17.1. The minimum atomic E-state index is -0.112. The second kappa shape index (κ2) is 13.2. The van der Waals surface area contributed by atoms with Crippen molar-refractivity contribution in [3.8, 4) is 22.8 Å². The van der Waals surface area contributed by atoms with Crippen LogP contribution in [0.1, 0.15) is 33.9 Å². The van der Waals surface area contributed by atoms with Crippen LogP contribution in [-0.2, 0) is 45.3 Å². The van der Waals surface area contributed by atoms with Crippen LogP contribution in [0.4, 0.5) is 0 Å². The molecule has 0 aromatic carbocycles. The Morgan fingerprint density at radius 3 is 1.19 bits per heavy atom. The van der Waals surface area contributed by atoms with Crippen molar-refractivity contribution in [2.24, 2.45) is 28.2 Å². The molecule has 9 rings (SSSR count). The Labute approximate surface area is 324 Å². The maximum absolute atomic E-state index is 5.48. The van der Waals surface area contributed by atoms with E-state index in [2.05, 4.69) is 189 Å². The standard InChI is InChI=1S/C40H41N10S2.Mn/c1-45-17-18-46(2)37(45)33-25-9-13-29(41-25)35(39-49(5)21-23-51(39)7)31-15-11-27(43-31)34(38-47(3)19-20-48(38)4)28-12-16-32(44-28)36(30-14-10-26(33)42-30)40-50(6)22-24-52(40)8;/h9-24H,1-8H3,(H,41,42,43,44);/q+1;+3/p+1. The fraction of sp³-hybridized carbons (Fsp3) is 0.200. The first-order valence-corrected chi connectivity index (χ1v) is 20.5. The van der Waals surface area contributed by atoms with E-state index in [4.69, 9.17) is 9.97 Å². The predicted octanol–water partition coefficient (Wildman–Crippen LogP) is 5.90. The Morgan fingerprint density at radius 1 is 0.547 bits per heavy atom. The molecule has 4 aliphatic rings. The molecule has 0 radical (unpaired) electrons. The van der Waals surface area contributed by atoms with Gasteiger partial charge in [0.15, 0.2) is 0 Å². The molecule has 0 amide bonds. The summed E-state index contributed by atoms with van der Waals surface area (Å²) >= 11 is 0. The van der Waals surface area contributed by atoms with E-state index in [-0.39, 0.29) is 38.0 Å². The van der Waals surface area contributed by atoms with Crippen LogP contribution in [0.3, 0.4) is 0 Å². The smallest absolute Gasteiger partial charge is 0.354 e. The second-order valence-corrected chi connectivity index (χ2v) is 17.3. The number of aryl methyl sites for hydroxylation is 4. The zero-order chi connectivity index (χ0) is 36.0. The fourth-order valence-corrected chi connectivity index (χ4v) is 10.9. The van der Waals surface area contributed by atoms with Gasteiger partial charge in [0.1, 0.15) is 35.9 Å². The van der Waals surface area contributed by atoms with Crippen LogP contribution < -0.4 is 9.13 Å². The molecule has 4 aliphatic heterocycles. The molecular formula is C40H42MnN10S2+5. The number of hydrogen-bond acceptors (Lipinski definition) is 4. The van der Waals surface area contributed by atoms with Gasteiger partial charge in [0, 0.05) is 26.5 Å². The van der Waals surface area contributed by atoms with Gasteiger partial charge >= 0.3 is 17.1 Å². The van der Waals surface area contributed by atoms with Crippen LogP contribution in [-0.4, -0.2) is 75.5 Å². The van der Waals surface area contributed by atoms with Gasteiger partial charge < -0.3 is 19.8 Å². The molecule has 2 atom stereocenters. The van der Waals surface area contributed by atoms with Gasteiger partial charge in [0.05, 0.1) is 94.1 Å². The van der Waals surface area contributed by atoms with E-state index in [0.29, 0.717) is 0 Å². The van der Waals surface area contributed by atoms with Gasteiger partial charge in [-0.3, -0.25) is 0 Å². The first kappa shape index (κ1) is 35.1. The minimum Gasteiger partial charge on any atom is -0.354 e. The van der Waals surface area contributed by atoms with E-state index >= 15 is 0 Å². The van der Waals surface area contributed by atoms with Gasteiger partial charge in [-0.25, -0.2) is 28.2 Å². The molecule has 8 bridgehead atoms. The molecule has 9 heterocycles. The summed E-state index contributed by atoms with van der Waals surface area (Å²) < 4.78 is 8.67. The summed E-state index contributed by atoms with van der Waals surface area (Å²) in [6, 6.07) is 8.80. The van der Waals surface area contributed by atoms with Gasteiger partial charge in [0.2, 0.25) is 0 Å². The summed E-state index contributed by atoms with van der Waals surface area (Å²) in [6.45, 7) is 0. The monoisotopic (exact) mass is 781 g/mol. The van der Waals surface area contributed by atoms with Crippen molar-refractivity contribution in [3.63, 3.8) is 0 Å². The van der Waals surface area contributed by atoms with Crippen molar-refractivity contribution >= 4 is 77.3 Å². The third-order valence-electron chi connectivity index (χ3n) is 10.2. The number of rotatable bonds is 4. The minimum absolute atomic E-state index is 0. The second-order valence-electron chi connectivity index (χ2n) is 13.7. The molecule has 5 aromatic rings. The topological polar surface area (TPSA) is 81.5 Å². The van der Waals surface area contributed by atoms with Gasteiger partial charge in [0.25, 0.3) is 11.6 Å². The van der Waals surface area contributed by atoms with Crippen LogP contribution in [0.5, 0.6) is 0 Å². The molecule has 0 fully saturated rings. The van der Waals surface area contributed by atoms with Crippen molar-refractivity contribution < 1.29 is 26.2 Å². The molecule has 53 heavy (non-hydrogen) atoms. The van der Waals surface area contributed by atoms with E-state index in [1.165, 1.54) is 9.98 Å². The van der Waals surface area contributed by atoms with Gasteiger partial charge in [-0.15, -0.1) is 21.0 Å². The summed E-state index contributed by atoms with van der Waals surface area (Å²) in [7, 11) is 12.4. The van der Waals surface area contributed by atoms with E-state index in [1.807, 2.05) is 0 Å². The zero-order valence-corrected chi connectivity index (χ0v) is 33.8. The quantitative estimate of drug-likeness (QED) is 0.133. The molecule has 0 aliphatic carbocycles. The molecule has 0 saturated heterocycles. The third kappa shape index (κ3) is 5.56. The normalized spacial score (nSPS) is 17.6. The largest absolute Gasteiger partial charge is 3.00 e. The molecule has 10 nitrogen and oxygen atoms in total. The van der Waals surface area contributed by atoms with Crippen LogP contribution in [0.25, 0.3) is 69.1 Å². The first-order chi connectivity index (χ1) is 25.1. The van der Waals surface area contributed by atoms with Crippen molar-refractivity contribution in [1.29, 1.82) is 0 Å². The summed E-state index contributed by atoms with van der Waals surface area (Å²) in [5.74, 6) is 2.11. The maximum Gasteiger partial charge on any atom is 3.00 e. The Morgan fingerprint density at radius 2 is 0.887 bits per heavy atom. The number of H-pyrrole nitrogens is 2. The summed E-state index contributed by atoms with van der Waals surface area (Å²) in [5.41, 5.74) is 11.9. The molecule has 13 heteroatoms. The van der Waals surface area contributed by atoms with Crippen molar-refractivity contribution in [2.75, 3.05) is 26.6 Å². The van der Waals surface area contributed by atoms with E-state index < -0.39 is 0 Å². The molecule has 5 aromatic heterocycles. The Kier molecular flexibility index (Phi) is 8.73. The van der Waals surface area contributed by atoms with E-state index in [0.717, 1.165) is 78.7 Å². The number of aromatic amines is 2. The predicted molar refractivity (Wildman–Crippen MR) is 219 cm³/mol. The molecule has 0 spiro atoms. The molecular weight excluding hydrogens is 740 g/mol. The third-order valence-corrected chi connectivity index (χ3v) is 13.5. The molecule has 266 valence electrons. The average molecular weight is 782 g/mol. The van der Waals surface area contributed by atoms with Crippen LogP contribution in [0, 0.1) is 0 Å². The molecule has 2 N–H and O–H groups in total. The number of nitrogens with one attached hydrogen (secondary N) is 2. The number of imidazole rings is 2. The van der Waals surface area contributed by atoms with E-state index in [1.54, 1.807) is 0 Å². The number of nitrogens with zero attached hydrogens (tertiary/aromatic N) is 8. The van der Waals surface area contributed by atoms with Gasteiger partial charge in [-0.05, 0) is 71.9 Å².